The third-order valence-electron chi connectivity index (χ3n) is 4.64. The number of anilines is 1. The highest BCUT2D eigenvalue weighted by molar-refractivity contribution is 6.03. The molecule has 32 heavy (non-hydrogen) atoms. The number of aromatic amines is 1. The maximum Gasteiger partial charge on any atom is 0.269 e. The van der Waals surface area contributed by atoms with Gasteiger partial charge >= 0.3 is 0 Å². The zero-order chi connectivity index (χ0) is 22.5. The molecule has 0 fully saturated rings. The SMILES string of the molecule is CNC(=O)c1cc(Oc2ccc(NC(=O)/C=C/c3c[nH]c4ccc(F)cc34)cc2)ccn1. The molecule has 160 valence electrons. The van der Waals surface area contributed by atoms with Crippen molar-refractivity contribution in [1.82, 2.24) is 15.3 Å². The maximum absolute atomic E-state index is 13.5. The van der Waals surface area contributed by atoms with E-state index in [1.807, 2.05) is 0 Å². The summed E-state index contributed by atoms with van der Waals surface area (Å²) in [5.74, 6) is 0.0325. The van der Waals surface area contributed by atoms with Crippen LogP contribution in [0.1, 0.15) is 16.1 Å². The van der Waals surface area contributed by atoms with Crippen molar-refractivity contribution in [1.29, 1.82) is 0 Å². The molecule has 0 aliphatic carbocycles. The van der Waals surface area contributed by atoms with Crippen LogP contribution in [0.4, 0.5) is 10.1 Å². The minimum atomic E-state index is -0.338. The summed E-state index contributed by atoms with van der Waals surface area (Å²) in [5.41, 5.74) is 2.34. The molecule has 0 unspecified atom stereocenters. The van der Waals surface area contributed by atoms with Crippen LogP contribution in [0.3, 0.4) is 0 Å². The third kappa shape index (κ3) is 4.81. The Morgan fingerprint density at radius 1 is 1.06 bits per heavy atom. The number of ether oxygens (including phenoxy) is 1. The lowest BCUT2D eigenvalue weighted by atomic mass is 10.1. The smallest absolute Gasteiger partial charge is 0.269 e. The second-order valence-electron chi connectivity index (χ2n) is 6.84. The van der Waals surface area contributed by atoms with Gasteiger partial charge in [-0.15, -0.1) is 0 Å². The lowest BCUT2D eigenvalue weighted by Gasteiger charge is -2.08. The van der Waals surface area contributed by atoms with Crippen LogP contribution in [-0.2, 0) is 4.79 Å². The minimum Gasteiger partial charge on any atom is -0.457 e. The summed E-state index contributed by atoms with van der Waals surface area (Å²) in [6.45, 7) is 0. The molecule has 0 spiro atoms. The summed E-state index contributed by atoms with van der Waals surface area (Å²) >= 11 is 0. The van der Waals surface area contributed by atoms with E-state index in [0.29, 0.717) is 28.1 Å². The number of aromatic nitrogens is 2. The van der Waals surface area contributed by atoms with E-state index in [-0.39, 0.29) is 23.3 Å². The summed E-state index contributed by atoms with van der Waals surface area (Å²) in [6, 6.07) is 14.4. The largest absolute Gasteiger partial charge is 0.457 e. The van der Waals surface area contributed by atoms with Crippen LogP contribution >= 0.6 is 0 Å². The number of benzene rings is 2. The number of carbonyl (C=O) groups excluding carboxylic acids is 2. The fourth-order valence-electron chi connectivity index (χ4n) is 3.07. The molecule has 4 aromatic rings. The molecule has 4 rings (SSSR count). The van der Waals surface area contributed by atoms with Crippen LogP contribution in [0.2, 0.25) is 0 Å². The Bertz CT molecular complexity index is 1310. The number of carbonyl (C=O) groups is 2. The third-order valence-corrected chi connectivity index (χ3v) is 4.64. The predicted octanol–water partition coefficient (Wildman–Crippen LogP) is 4.51. The molecule has 0 aliphatic rings. The standard InChI is InChI=1S/C24H19FN4O3/c1-26-24(31)22-13-19(10-11-27-22)32-18-6-4-17(5-7-18)29-23(30)9-2-15-14-28-21-8-3-16(25)12-20(15)21/h2-14,28H,1H3,(H,26,31)(H,29,30)/b9-2+. The molecule has 0 atom stereocenters. The van der Waals surface area contributed by atoms with Gasteiger partial charge in [0.15, 0.2) is 0 Å². The summed E-state index contributed by atoms with van der Waals surface area (Å²) < 4.78 is 19.2. The van der Waals surface area contributed by atoms with Crippen molar-refractivity contribution in [2.75, 3.05) is 12.4 Å². The van der Waals surface area contributed by atoms with E-state index >= 15 is 0 Å². The Balaban J connectivity index is 1.39. The minimum absolute atomic E-state index is 0.249. The second kappa shape index (κ2) is 9.13. The van der Waals surface area contributed by atoms with Crippen molar-refractivity contribution in [2.45, 2.75) is 0 Å². The topological polar surface area (TPSA) is 96.1 Å². The van der Waals surface area contributed by atoms with E-state index in [1.54, 1.807) is 48.7 Å². The number of hydrogen-bond donors (Lipinski definition) is 3. The number of nitrogens with zero attached hydrogens (tertiary/aromatic N) is 1. The van der Waals surface area contributed by atoms with E-state index in [2.05, 4.69) is 20.6 Å². The van der Waals surface area contributed by atoms with Crippen molar-refractivity contribution in [3.63, 3.8) is 0 Å². The van der Waals surface area contributed by atoms with Gasteiger partial charge in [0.05, 0.1) is 0 Å². The molecular weight excluding hydrogens is 411 g/mol. The summed E-state index contributed by atoms with van der Waals surface area (Å²) in [7, 11) is 1.53. The van der Waals surface area contributed by atoms with Crippen LogP contribution in [0, 0.1) is 5.82 Å². The van der Waals surface area contributed by atoms with Gasteiger partial charge in [-0.25, -0.2) is 4.39 Å². The van der Waals surface area contributed by atoms with E-state index in [1.165, 1.54) is 37.5 Å². The molecule has 7 nitrogen and oxygen atoms in total. The normalized spacial score (nSPS) is 10.9. The monoisotopic (exact) mass is 430 g/mol. The Kier molecular flexibility index (Phi) is 5.94. The number of H-pyrrole nitrogens is 1. The lowest BCUT2D eigenvalue weighted by Crippen LogP contribution is -2.18. The average Bonchev–Trinajstić information content (AvgIpc) is 3.20. The maximum atomic E-state index is 13.5. The van der Waals surface area contributed by atoms with Gasteiger partial charge in [0, 0.05) is 53.7 Å². The lowest BCUT2D eigenvalue weighted by molar-refractivity contribution is -0.111. The number of fused-ring (bicyclic) bond motifs is 1. The predicted molar refractivity (Wildman–Crippen MR) is 120 cm³/mol. The van der Waals surface area contributed by atoms with Gasteiger partial charge in [0.25, 0.3) is 5.91 Å². The Labute approximate surface area is 182 Å². The first kappa shape index (κ1) is 20.8. The molecule has 2 aromatic heterocycles. The molecule has 2 amide bonds. The average molecular weight is 430 g/mol. The molecule has 3 N–H and O–H groups in total. The Hall–Kier alpha value is -4.46. The van der Waals surface area contributed by atoms with Crippen molar-refractivity contribution in [3.05, 3.63) is 90.1 Å². The zero-order valence-corrected chi connectivity index (χ0v) is 17.1. The van der Waals surface area contributed by atoms with Gasteiger partial charge in [0.1, 0.15) is 23.0 Å². The van der Waals surface area contributed by atoms with Gasteiger partial charge in [-0.1, -0.05) is 0 Å². The van der Waals surface area contributed by atoms with Crippen molar-refractivity contribution >= 4 is 34.5 Å². The number of halogens is 1. The number of pyridine rings is 1. The van der Waals surface area contributed by atoms with Crippen LogP contribution < -0.4 is 15.4 Å². The highest BCUT2D eigenvalue weighted by Crippen LogP contribution is 2.24. The molecule has 0 saturated carbocycles. The zero-order valence-electron chi connectivity index (χ0n) is 17.1. The quantitative estimate of drug-likeness (QED) is 0.392. The Morgan fingerprint density at radius 2 is 1.88 bits per heavy atom. The van der Waals surface area contributed by atoms with Crippen LogP contribution in [0.25, 0.3) is 17.0 Å². The van der Waals surface area contributed by atoms with Crippen LogP contribution in [-0.4, -0.2) is 28.8 Å². The van der Waals surface area contributed by atoms with Crippen molar-refractivity contribution < 1.29 is 18.7 Å². The molecular formula is C24H19FN4O3. The van der Waals surface area contributed by atoms with Crippen LogP contribution in [0.5, 0.6) is 11.5 Å². The number of hydrogen-bond acceptors (Lipinski definition) is 4. The Morgan fingerprint density at radius 3 is 2.66 bits per heavy atom. The van der Waals surface area contributed by atoms with Crippen LogP contribution in [0.15, 0.2) is 73.1 Å². The first-order valence-corrected chi connectivity index (χ1v) is 9.73. The van der Waals surface area contributed by atoms with Gasteiger partial charge in [-0.05, 0) is 54.6 Å². The fraction of sp³-hybridized carbons (Fsp3) is 0.0417. The van der Waals surface area contributed by atoms with E-state index in [0.717, 1.165) is 5.52 Å². The van der Waals surface area contributed by atoms with Gasteiger partial charge in [-0.3, -0.25) is 14.6 Å². The van der Waals surface area contributed by atoms with Gasteiger partial charge < -0.3 is 20.4 Å². The molecule has 0 saturated heterocycles. The fourth-order valence-corrected chi connectivity index (χ4v) is 3.07. The molecule has 2 aromatic carbocycles. The van der Waals surface area contributed by atoms with E-state index < -0.39 is 0 Å². The summed E-state index contributed by atoms with van der Waals surface area (Å²) in [5, 5.41) is 5.97. The summed E-state index contributed by atoms with van der Waals surface area (Å²) in [4.78, 5) is 31.0. The first-order valence-electron chi connectivity index (χ1n) is 9.73. The number of amides is 2. The molecule has 0 bridgehead atoms. The molecule has 8 heteroatoms. The van der Waals surface area contributed by atoms with Gasteiger partial charge in [0.2, 0.25) is 5.91 Å². The molecule has 0 aliphatic heterocycles. The van der Waals surface area contributed by atoms with Crippen molar-refractivity contribution in [3.8, 4) is 11.5 Å². The van der Waals surface area contributed by atoms with E-state index in [4.69, 9.17) is 4.74 Å². The molecule has 2 heterocycles. The van der Waals surface area contributed by atoms with Gasteiger partial charge in [-0.2, -0.15) is 0 Å². The number of nitrogens with one attached hydrogen (secondary N) is 3. The molecule has 0 radical (unpaired) electrons. The first-order chi connectivity index (χ1) is 15.5. The van der Waals surface area contributed by atoms with Crippen molar-refractivity contribution in [2.24, 2.45) is 0 Å². The highest BCUT2D eigenvalue weighted by atomic mass is 19.1. The highest BCUT2D eigenvalue weighted by Gasteiger charge is 2.07. The summed E-state index contributed by atoms with van der Waals surface area (Å²) in [6.07, 6.45) is 6.21. The van der Waals surface area contributed by atoms with E-state index in [9.17, 15) is 14.0 Å². The number of rotatable bonds is 6. The second-order valence-corrected chi connectivity index (χ2v) is 6.84.